The van der Waals surface area contributed by atoms with Crippen molar-refractivity contribution in [1.82, 2.24) is 0 Å². The molecular formula is C44H68O7Si2. The zero-order valence-electron chi connectivity index (χ0n) is 35.2. The van der Waals surface area contributed by atoms with Crippen LogP contribution in [0.3, 0.4) is 0 Å². The molecule has 2 aliphatic heterocycles. The van der Waals surface area contributed by atoms with Gasteiger partial charge in [0.1, 0.15) is 30.1 Å². The van der Waals surface area contributed by atoms with E-state index in [1.165, 1.54) is 0 Å². The van der Waals surface area contributed by atoms with Crippen molar-refractivity contribution >= 4 is 33.6 Å². The predicted octanol–water partition coefficient (Wildman–Crippen LogP) is 11.9. The summed E-state index contributed by atoms with van der Waals surface area (Å²) < 4.78 is 40.1. The van der Waals surface area contributed by atoms with Gasteiger partial charge < -0.3 is 27.5 Å². The summed E-state index contributed by atoms with van der Waals surface area (Å²) in [6, 6.07) is 12.6. The lowest BCUT2D eigenvalue weighted by Gasteiger charge is -2.44. The number of carbonyl (C=O) groups is 1. The van der Waals surface area contributed by atoms with E-state index in [0.717, 1.165) is 64.7 Å². The Morgan fingerprint density at radius 1 is 0.943 bits per heavy atom. The highest BCUT2D eigenvalue weighted by Gasteiger charge is 2.71. The molecule has 0 saturated carbocycles. The summed E-state index contributed by atoms with van der Waals surface area (Å²) in [4.78, 5) is 14.1. The molecule has 0 N–H and O–H groups in total. The molecule has 2 unspecified atom stereocenters. The summed E-state index contributed by atoms with van der Waals surface area (Å²) >= 11 is 0. The first-order valence-electron chi connectivity index (χ1n) is 20.1. The fourth-order valence-corrected chi connectivity index (χ4v) is 9.58. The molecule has 1 aromatic heterocycles. The average Bonchev–Trinajstić information content (AvgIpc) is 3.66. The van der Waals surface area contributed by atoms with Crippen LogP contribution < -0.4 is 4.74 Å². The second-order valence-electron chi connectivity index (χ2n) is 19.1. The highest BCUT2D eigenvalue weighted by Crippen LogP contribution is 2.53. The van der Waals surface area contributed by atoms with Gasteiger partial charge in [-0.05, 0) is 78.6 Å². The lowest BCUT2D eigenvalue weighted by atomic mass is 9.81. The fourth-order valence-electron chi connectivity index (χ4n) is 7.30. The fraction of sp³-hybridized carbons (Fsp3) is 0.659. The van der Waals surface area contributed by atoms with Gasteiger partial charge in [-0.1, -0.05) is 106 Å². The molecule has 2 aromatic carbocycles. The molecule has 7 nitrogen and oxygen atoms in total. The van der Waals surface area contributed by atoms with E-state index in [1.807, 2.05) is 24.5 Å². The molecule has 294 valence electrons. The quantitative estimate of drug-likeness (QED) is 0.0866. The van der Waals surface area contributed by atoms with Crippen LogP contribution >= 0.6 is 0 Å². The van der Waals surface area contributed by atoms with Crippen LogP contribution in [0.25, 0.3) is 11.0 Å². The van der Waals surface area contributed by atoms with Gasteiger partial charge in [0.25, 0.3) is 0 Å². The van der Waals surface area contributed by atoms with Crippen molar-refractivity contribution in [2.24, 2.45) is 5.92 Å². The Kier molecular flexibility index (Phi) is 12.3. The number of benzene rings is 2. The molecule has 0 amide bonds. The third kappa shape index (κ3) is 8.54. The molecule has 2 aliphatic rings. The topological polar surface area (TPSA) is 79.7 Å². The molecular weight excluding hydrogens is 697 g/mol. The molecule has 2 fully saturated rings. The Balaban J connectivity index is 1.61. The van der Waals surface area contributed by atoms with Gasteiger partial charge in [0.05, 0.1) is 24.5 Å². The van der Waals surface area contributed by atoms with Crippen LogP contribution in [0, 0.1) is 5.92 Å². The largest absolute Gasteiger partial charge is 0.488 e. The minimum Gasteiger partial charge on any atom is -0.488 e. The number of epoxide rings is 1. The zero-order valence-corrected chi connectivity index (χ0v) is 37.2. The minimum absolute atomic E-state index is 0.0127. The van der Waals surface area contributed by atoms with Gasteiger partial charge in [0, 0.05) is 23.3 Å². The number of esters is 1. The molecule has 5 atom stereocenters. The maximum absolute atomic E-state index is 14.1. The summed E-state index contributed by atoms with van der Waals surface area (Å²) in [5, 5.41) is 1.08. The second-order valence-corrected chi connectivity index (χ2v) is 28.6. The maximum atomic E-state index is 14.1. The van der Waals surface area contributed by atoms with Crippen LogP contribution in [0.1, 0.15) is 123 Å². The Hall–Kier alpha value is -2.44. The number of carbonyl (C=O) groups excluding carboxylic acids is 1. The second kappa shape index (κ2) is 15.6. The van der Waals surface area contributed by atoms with Crippen molar-refractivity contribution in [3.63, 3.8) is 0 Å². The van der Waals surface area contributed by atoms with E-state index in [1.54, 1.807) is 0 Å². The molecule has 0 aliphatic carbocycles. The van der Waals surface area contributed by atoms with Gasteiger partial charge in [0.15, 0.2) is 16.6 Å². The smallest absolute Gasteiger partial charge is 0.344 e. The van der Waals surface area contributed by atoms with E-state index in [4.69, 9.17) is 27.5 Å². The van der Waals surface area contributed by atoms with Crippen molar-refractivity contribution in [2.75, 3.05) is 0 Å². The van der Waals surface area contributed by atoms with Gasteiger partial charge in [-0.2, -0.15) is 0 Å². The first kappa shape index (κ1) is 41.7. The lowest BCUT2D eigenvalue weighted by molar-refractivity contribution is -0.173. The lowest BCUT2D eigenvalue weighted by Crippen LogP contribution is -2.57. The number of hydrogen-bond acceptors (Lipinski definition) is 7. The predicted molar refractivity (Wildman–Crippen MR) is 220 cm³/mol. The molecule has 3 aromatic rings. The van der Waals surface area contributed by atoms with Crippen LogP contribution in [0.5, 0.6) is 5.75 Å². The first-order valence-corrected chi connectivity index (χ1v) is 25.9. The highest BCUT2D eigenvalue weighted by molar-refractivity contribution is 6.74. The number of hydrogen-bond donors (Lipinski definition) is 0. The molecule has 3 heterocycles. The van der Waals surface area contributed by atoms with Crippen molar-refractivity contribution in [3.05, 3.63) is 64.9 Å². The van der Waals surface area contributed by atoms with E-state index >= 15 is 0 Å². The van der Waals surface area contributed by atoms with Crippen LogP contribution in [-0.4, -0.2) is 46.5 Å². The maximum Gasteiger partial charge on any atom is 0.344 e. The molecule has 0 radical (unpaired) electrons. The van der Waals surface area contributed by atoms with Gasteiger partial charge in [-0.15, -0.1) is 0 Å². The molecule has 53 heavy (non-hydrogen) atoms. The van der Waals surface area contributed by atoms with Crippen molar-refractivity contribution < 1.29 is 32.3 Å². The van der Waals surface area contributed by atoms with Crippen LogP contribution in [0.2, 0.25) is 36.3 Å². The normalized spacial score (nSPS) is 23.2. The van der Waals surface area contributed by atoms with Crippen LogP contribution in [0.15, 0.2) is 47.1 Å². The van der Waals surface area contributed by atoms with E-state index < -0.39 is 22.2 Å². The molecule has 2 saturated heterocycles. The Labute approximate surface area is 322 Å². The van der Waals surface area contributed by atoms with Crippen molar-refractivity contribution in [2.45, 2.75) is 181 Å². The summed E-state index contributed by atoms with van der Waals surface area (Å²) in [5.41, 5.74) is 4.05. The number of ether oxygens (including phenoxy) is 3. The van der Waals surface area contributed by atoms with E-state index in [-0.39, 0.29) is 40.3 Å². The van der Waals surface area contributed by atoms with Gasteiger partial charge in [0.2, 0.25) is 5.60 Å². The summed E-state index contributed by atoms with van der Waals surface area (Å²) in [6.07, 6.45) is 4.93. The van der Waals surface area contributed by atoms with Crippen LogP contribution in [-0.2, 0) is 42.8 Å². The number of rotatable bonds is 15. The van der Waals surface area contributed by atoms with Crippen molar-refractivity contribution in [1.29, 1.82) is 0 Å². The van der Waals surface area contributed by atoms with Crippen LogP contribution in [0.4, 0.5) is 0 Å². The summed E-state index contributed by atoms with van der Waals surface area (Å²) in [5.74, 6) is 0.895. The first-order chi connectivity index (χ1) is 24.7. The Morgan fingerprint density at radius 2 is 1.60 bits per heavy atom. The molecule has 9 heteroatoms. The number of furan rings is 1. The molecule has 1 spiro atoms. The standard InChI is InChI=1S/C44H68O7Si2/c1-15-20-32(36-25-38(51-53(13,14)43(8,9)10)44(41(45)49-36)37(16-2)50-44)34-27-47-40-33(34)24-31(23-29(3)4)39(46-26-30-21-18-17-19-22-30)35(40)28-48-52(11,12)42(5,6)7/h17-19,21-22,24,27,29,32,36-38H,15-16,20,23,25-26,28H2,1-14H3/t32?,36-,37?,38-,44-/m1/s1. The SMILES string of the molecule is CCCC(c1coc2c(CO[Si](C)(C)C(C)(C)C)c(OCc3ccccc3)c(CC(C)C)cc12)[C@H]1C[C@@H](O[Si](C)(C)C(C)(C)C)[C@@]2(OC2CC)C(=O)O1. The van der Waals surface area contributed by atoms with Gasteiger partial charge in [-0.25, -0.2) is 4.79 Å². The molecule has 5 rings (SSSR count). The molecule has 0 bridgehead atoms. The van der Waals surface area contributed by atoms with E-state index in [9.17, 15) is 4.79 Å². The average molecular weight is 765 g/mol. The Morgan fingerprint density at radius 3 is 2.17 bits per heavy atom. The van der Waals surface area contributed by atoms with Gasteiger partial charge >= 0.3 is 5.97 Å². The number of fused-ring (bicyclic) bond motifs is 1. The highest BCUT2D eigenvalue weighted by atomic mass is 28.4. The summed E-state index contributed by atoms with van der Waals surface area (Å²) in [7, 11) is -4.38. The van der Waals surface area contributed by atoms with E-state index in [0.29, 0.717) is 25.6 Å². The number of cyclic esters (lactones) is 1. The summed E-state index contributed by atoms with van der Waals surface area (Å²) in [6.45, 7) is 32.2. The van der Waals surface area contributed by atoms with E-state index in [2.05, 4.69) is 114 Å². The Bertz CT molecular complexity index is 1720. The monoisotopic (exact) mass is 764 g/mol. The van der Waals surface area contributed by atoms with Crippen molar-refractivity contribution in [3.8, 4) is 5.75 Å². The zero-order chi connectivity index (χ0) is 39.1. The minimum atomic E-state index is -2.24. The third-order valence-electron chi connectivity index (χ3n) is 12.6. The van der Waals surface area contributed by atoms with Gasteiger partial charge in [-0.3, -0.25) is 0 Å². The third-order valence-corrected chi connectivity index (χ3v) is 21.5.